The number of hydrogen-bond donors (Lipinski definition) is 2. The molecular formula is C23H37FN4O3. The molecule has 2 N–H and O–H groups in total. The molecule has 0 aromatic carbocycles. The van der Waals surface area contributed by atoms with Gasteiger partial charge in [-0.25, -0.2) is 4.39 Å². The number of fused-ring (bicyclic) bond motifs is 2. The van der Waals surface area contributed by atoms with Gasteiger partial charge in [-0.1, -0.05) is 6.92 Å². The maximum atomic E-state index is 14.4. The summed E-state index contributed by atoms with van der Waals surface area (Å²) in [5, 5.41) is 6.75. The third-order valence-electron chi connectivity index (χ3n) is 8.53. The van der Waals surface area contributed by atoms with E-state index in [0.717, 1.165) is 51.7 Å². The lowest BCUT2D eigenvalue weighted by Gasteiger charge is -2.47. The number of carbonyl (C=O) groups excluding carboxylic acids is 2. The largest absolute Gasteiger partial charge is 0.369 e. The Morgan fingerprint density at radius 2 is 2.03 bits per heavy atom. The summed E-state index contributed by atoms with van der Waals surface area (Å²) >= 11 is 0. The number of amides is 2. The number of carbonyl (C=O) groups is 2. The number of nitrogens with zero attached hydrogens (tertiary/aromatic N) is 2. The molecule has 2 saturated carbocycles. The van der Waals surface area contributed by atoms with Crippen LogP contribution in [0, 0.1) is 11.8 Å². The third kappa shape index (κ3) is 4.35. The van der Waals surface area contributed by atoms with Crippen LogP contribution in [-0.4, -0.2) is 90.8 Å². The van der Waals surface area contributed by atoms with Crippen molar-refractivity contribution in [2.24, 2.45) is 11.8 Å². The van der Waals surface area contributed by atoms with Crippen LogP contribution in [0.4, 0.5) is 4.39 Å². The summed E-state index contributed by atoms with van der Waals surface area (Å²) in [4.78, 5) is 29.5. The van der Waals surface area contributed by atoms with E-state index < -0.39 is 6.17 Å². The molecule has 2 amide bonds. The van der Waals surface area contributed by atoms with Crippen LogP contribution in [0.3, 0.4) is 0 Å². The molecule has 5 aliphatic rings. The van der Waals surface area contributed by atoms with Crippen LogP contribution in [0.25, 0.3) is 0 Å². The van der Waals surface area contributed by atoms with Crippen LogP contribution < -0.4 is 10.6 Å². The predicted octanol–water partition coefficient (Wildman–Crippen LogP) is 1.07. The van der Waals surface area contributed by atoms with E-state index >= 15 is 0 Å². The van der Waals surface area contributed by atoms with Crippen LogP contribution >= 0.6 is 0 Å². The Bertz CT molecular complexity index is 676. The van der Waals surface area contributed by atoms with Gasteiger partial charge in [0.05, 0.1) is 18.7 Å². The van der Waals surface area contributed by atoms with Gasteiger partial charge >= 0.3 is 0 Å². The molecule has 174 valence electrons. The van der Waals surface area contributed by atoms with E-state index in [0.29, 0.717) is 31.4 Å². The number of rotatable bonds is 3. The standard InChI is InChI=1S/C23H37FN4O3/c1-14-5-6-19(24)18-10-20(26-22(14)18)23(30)25-15-3-2-4-16(9-15)27-7-8-28-17(11-27)12-31-13-21(28)29/h14-20,22,26H,2-13H2,1H3,(H,25,30)/t14?,15-,16-,17-,18?,19?,20?,22?/m1/s1. The molecular weight excluding hydrogens is 399 g/mol. The fourth-order valence-corrected chi connectivity index (χ4v) is 6.78. The number of ether oxygens (including phenoxy) is 1. The normalized spacial score (nSPS) is 43.9. The van der Waals surface area contributed by atoms with Gasteiger partial charge in [-0.3, -0.25) is 14.5 Å². The van der Waals surface area contributed by atoms with E-state index in [-0.39, 0.29) is 48.5 Å². The first-order valence-electron chi connectivity index (χ1n) is 12.3. The van der Waals surface area contributed by atoms with Gasteiger partial charge in [0.1, 0.15) is 12.8 Å². The van der Waals surface area contributed by atoms with Gasteiger partial charge in [0, 0.05) is 43.7 Å². The molecule has 3 aliphatic heterocycles. The van der Waals surface area contributed by atoms with E-state index in [2.05, 4.69) is 22.5 Å². The van der Waals surface area contributed by atoms with Gasteiger partial charge in [-0.05, 0) is 50.9 Å². The second-order valence-electron chi connectivity index (χ2n) is 10.5. The molecule has 7 nitrogen and oxygen atoms in total. The first-order valence-corrected chi connectivity index (χ1v) is 12.3. The Labute approximate surface area is 184 Å². The summed E-state index contributed by atoms with van der Waals surface area (Å²) in [6.45, 7) is 5.55. The number of halogens is 1. The summed E-state index contributed by atoms with van der Waals surface area (Å²) in [5.41, 5.74) is 0. The molecule has 0 radical (unpaired) electrons. The zero-order valence-electron chi connectivity index (χ0n) is 18.6. The van der Waals surface area contributed by atoms with Crippen molar-refractivity contribution in [3.63, 3.8) is 0 Å². The molecule has 0 spiro atoms. The number of nitrogens with one attached hydrogen (secondary N) is 2. The second kappa shape index (κ2) is 8.94. The number of morpholine rings is 1. The van der Waals surface area contributed by atoms with Crippen molar-refractivity contribution < 1.29 is 18.7 Å². The van der Waals surface area contributed by atoms with Gasteiger partial charge in [0.15, 0.2) is 0 Å². The second-order valence-corrected chi connectivity index (χ2v) is 10.5. The van der Waals surface area contributed by atoms with E-state index in [1.165, 1.54) is 0 Å². The quantitative estimate of drug-likeness (QED) is 0.693. The van der Waals surface area contributed by atoms with E-state index in [1.54, 1.807) is 0 Å². The smallest absolute Gasteiger partial charge is 0.248 e. The third-order valence-corrected chi connectivity index (χ3v) is 8.53. The van der Waals surface area contributed by atoms with Crippen molar-refractivity contribution in [3.05, 3.63) is 0 Å². The molecule has 2 aliphatic carbocycles. The van der Waals surface area contributed by atoms with Crippen LogP contribution in [-0.2, 0) is 14.3 Å². The molecule has 3 saturated heterocycles. The van der Waals surface area contributed by atoms with Crippen molar-refractivity contribution in [3.8, 4) is 0 Å². The Morgan fingerprint density at radius 1 is 1.16 bits per heavy atom. The fourth-order valence-electron chi connectivity index (χ4n) is 6.78. The minimum absolute atomic E-state index is 0.0182. The minimum Gasteiger partial charge on any atom is -0.369 e. The number of piperazine rings is 1. The average Bonchev–Trinajstić information content (AvgIpc) is 3.24. The SMILES string of the molecule is CC1CCC(F)C2CC(C(=O)N[C@@H]3CCC[C@@H](N4CCN5C(=O)COC[C@H]5C4)C3)NC12. The summed E-state index contributed by atoms with van der Waals surface area (Å²) < 4.78 is 19.9. The highest BCUT2D eigenvalue weighted by atomic mass is 19.1. The van der Waals surface area contributed by atoms with Crippen LogP contribution in [0.1, 0.15) is 51.9 Å². The lowest BCUT2D eigenvalue weighted by atomic mass is 9.77. The van der Waals surface area contributed by atoms with Crippen LogP contribution in [0.2, 0.25) is 0 Å². The first-order chi connectivity index (χ1) is 15.0. The molecule has 5 unspecified atom stereocenters. The van der Waals surface area contributed by atoms with Crippen molar-refractivity contribution in [1.82, 2.24) is 20.4 Å². The molecule has 5 fully saturated rings. The van der Waals surface area contributed by atoms with Gasteiger partial charge in [-0.2, -0.15) is 0 Å². The summed E-state index contributed by atoms with van der Waals surface area (Å²) in [6.07, 6.45) is 5.58. The maximum absolute atomic E-state index is 14.4. The Hall–Kier alpha value is -1.25. The highest BCUT2D eigenvalue weighted by Gasteiger charge is 2.46. The van der Waals surface area contributed by atoms with Crippen molar-refractivity contribution >= 4 is 11.8 Å². The lowest BCUT2D eigenvalue weighted by Crippen LogP contribution is -2.62. The molecule has 0 bridgehead atoms. The summed E-state index contributed by atoms with van der Waals surface area (Å²) in [7, 11) is 0. The predicted molar refractivity (Wildman–Crippen MR) is 114 cm³/mol. The number of alkyl halides is 1. The fraction of sp³-hybridized carbons (Fsp3) is 0.913. The zero-order chi connectivity index (χ0) is 21.5. The Balaban J connectivity index is 1.14. The van der Waals surface area contributed by atoms with Crippen LogP contribution in [0.5, 0.6) is 0 Å². The van der Waals surface area contributed by atoms with Crippen molar-refractivity contribution in [2.45, 2.75) is 88.3 Å². The lowest BCUT2D eigenvalue weighted by molar-refractivity contribution is -0.153. The molecule has 0 aromatic heterocycles. The minimum atomic E-state index is -0.778. The highest BCUT2D eigenvalue weighted by Crippen LogP contribution is 2.38. The van der Waals surface area contributed by atoms with Gasteiger partial charge in [0.25, 0.3) is 0 Å². The Kier molecular flexibility index (Phi) is 6.23. The van der Waals surface area contributed by atoms with E-state index in [4.69, 9.17) is 4.74 Å². The molecule has 31 heavy (non-hydrogen) atoms. The van der Waals surface area contributed by atoms with Gasteiger partial charge < -0.3 is 20.3 Å². The molecule has 8 atom stereocenters. The van der Waals surface area contributed by atoms with Gasteiger partial charge in [0.2, 0.25) is 11.8 Å². The van der Waals surface area contributed by atoms with E-state index in [1.807, 2.05) is 4.90 Å². The molecule has 5 rings (SSSR count). The van der Waals surface area contributed by atoms with E-state index in [9.17, 15) is 14.0 Å². The molecule has 0 aromatic rings. The zero-order valence-corrected chi connectivity index (χ0v) is 18.6. The summed E-state index contributed by atoms with van der Waals surface area (Å²) in [6, 6.07) is 0.647. The Morgan fingerprint density at radius 3 is 2.87 bits per heavy atom. The maximum Gasteiger partial charge on any atom is 0.248 e. The highest BCUT2D eigenvalue weighted by molar-refractivity contribution is 5.82. The molecule has 3 heterocycles. The average molecular weight is 437 g/mol. The first kappa shape index (κ1) is 21.6. The monoisotopic (exact) mass is 436 g/mol. The van der Waals surface area contributed by atoms with Crippen molar-refractivity contribution in [2.75, 3.05) is 32.8 Å². The number of hydrogen-bond acceptors (Lipinski definition) is 5. The van der Waals surface area contributed by atoms with Crippen LogP contribution in [0.15, 0.2) is 0 Å². The topological polar surface area (TPSA) is 73.9 Å². The van der Waals surface area contributed by atoms with Crippen molar-refractivity contribution in [1.29, 1.82) is 0 Å². The summed E-state index contributed by atoms with van der Waals surface area (Å²) in [5.74, 6) is 0.577. The molecule has 8 heteroatoms. The van der Waals surface area contributed by atoms with Gasteiger partial charge in [-0.15, -0.1) is 0 Å².